The van der Waals surface area contributed by atoms with Gasteiger partial charge in [0.25, 0.3) is 0 Å². The molecule has 0 unspecified atom stereocenters. The molecule has 0 bridgehead atoms. The van der Waals surface area contributed by atoms with Gasteiger partial charge in [-0.15, -0.1) is 0 Å². The lowest BCUT2D eigenvalue weighted by Gasteiger charge is -2.33. The molecule has 2 nitrogen and oxygen atoms in total. The number of carbonyl (C=O) groups is 1. The summed E-state index contributed by atoms with van der Waals surface area (Å²) in [4.78, 5) is 13.2. The van der Waals surface area contributed by atoms with E-state index in [-0.39, 0.29) is 5.91 Å². The first-order valence-corrected chi connectivity index (χ1v) is 4.54. The van der Waals surface area contributed by atoms with E-state index in [1.165, 1.54) is 5.57 Å². The predicted octanol–water partition coefficient (Wildman–Crippen LogP) is 1.82. The molecule has 0 aromatic carbocycles. The molecule has 0 radical (unpaired) electrons. The molecule has 1 aliphatic rings. The van der Waals surface area contributed by atoms with Gasteiger partial charge in [0.1, 0.15) is 0 Å². The first-order valence-electron chi connectivity index (χ1n) is 4.54. The van der Waals surface area contributed by atoms with Gasteiger partial charge in [-0.05, 0) is 17.9 Å². The maximum absolute atomic E-state index is 11.4. The average molecular weight is 167 g/mol. The summed E-state index contributed by atoms with van der Waals surface area (Å²) in [5, 5.41) is 0. The van der Waals surface area contributed by atoms with Gasteiger partial charge in [-0.25, -0.2) is 0 Å². The standard InChI is InChI=1S/C10H17NO/c1-8(2)4-5-10(12)11-6-9(3)7-11/h8H,3-7H2,1-2H3. The van der Waals surface area contributed by atoms with Crippen LogP contribution in [0.3, 0.4) is 0 Å². The Morgan fingerprint density at radius 2 is 2.17 bits per heavy atom. The van der Waals surface area contributed by atoms with Crippen LogP contribution in [0.1, 0.15) is 26.7 Å². The first kappa shape index (κ1) is 9.30. The lowest BCUT2D eigenvalue weighted by atomic mass is 10.1. The molecule has 1 heterocycles. The van der Waals surface area contributed by atoms with E-state index in [1.807, 2.05) is 4.90 Å². The zero-order valence-corrected chi connectivity index (χ0v) is 7.97. The smallest absolute Gasteiger partial charge is 0.223 e. The summed E-state index contributed by atoms with van der Waals surface area (Å²) in [5.74, 6) is 0.912. The summed E-state index contributed by atoms with van der Waals surface area (Å²) in [5.41, 5.74) is 1.17. The van der Waals surface area contributed by atoms with Crippen LogP contribution in [0.25, 0.3) is 0 Å². The van der Waals surface area contributed by atoms with Crippen LogP contribution in [-0.2, 0) is 4.79 Å². The van der Waals surface area contributed by atoms with Gasteiger partial charge in [-0.3, -0.25) is 4.79 Å². The van der Waals surface area contributed by atoms with Gasteiger partial charge < -0.3 is 4.90 Å². The van der Waals surface area contributed by atoms with Gasteiger partial charge in [-0.2, -0.15) is 0 Å². The van der Waals surface area contributed by atoms with Crippen molar-refractivity contribution in [3.05, 3.63) is 12.2 Å². The fourth-order valence-corrected chi connectivity index (χ4v) is 1.24. The quantitative estimate of drug-likeness (QED) is 0.587. The normalized spacial score (nSPS) is 16.6. The van der Waals surface area contributed by atoms with Crippen molar-refractivity contribution < 1.29 is 4.79 Å². The third-order valence-corrected chi connectivity index (χ3v) is 2.12. The Morgan fingerprint density at radius 3 is 2.58 bits per heavy atom. The third-order valence-electron chi connectivity index (χ3n) is 2.12. The lowest BCUT2D eigenvalue weighted by Crippen LogP contribution is -2.43. The molecule has 0 atom stereocenters. The highest BCUT2D eigenvalue weighted by molar-refractivity contribution is 5.78. The van der Waals surface area contributed by atoms with E-state index in [9.17, 15) is 4.79 Å². The third kappa shape index (κ3) is 2.36. The second-order valence-electron chi connectivity index (χ2n) is 3.93. The molecular weight excluding hydrogens is 150 g/mol. The van der Waals surface area contributed by atoms with Crippen LogP contribution in [0.2, 0.25) is 0 Å². The van der Waals surface area contributed by atoms with E-state index in [2.05, 4.69) is 20.4 Å². The van der Waals surface area contributed by atoms with Crippen LogP contribution in [0.15, 0.2) is 12.2 Å². The summed E-state index contributed by atoms with van der Waals surface area (Å²) in [6.45, 7) is 9.65. The van der Waals surface area contributed by atoms with Crippen molar-refractivity contribution in [1.29, 1.82) is 0 Å². The van der Waals surface area contributed by atoms with Gasteiger partial charge in [0.15, 0.2) is 0 Å². The van der Waals surface area contributed by atoms with E-state index < -0.39 is 0 Å². The van der Waals surface area contributed by atoms with E-state index in [1.54, 1.807) is 0 Å². The van der Waals surface area contributed by atoms with Crippen molar-refractivity contribution in [3.63, 3.8) is 0 Å². The van der Waals surface area contributed by atoms with Crippen LogP contribution in [0, 0.1) is 5.92 Å². The summed E-state index contributed by atoms with van der Waals surface area (Å²) in [7, 11) is 0. The lowest BCUT2D eigenvalue weighted by molar-refractivity contribution is -0.132. The molecule has 12 heavy (non-hydrogen) atoms. The van der Waals surface area contributed by atoms with Crippen molar-refractivity contribution in [1.82, 2.24) is 4.90 Å². The molecule has 0 aliphatic carbocycles. The molecule has 0 saturated carbocycles. The molecule has 1 amide bonds. The number of likely N-dealkylation sites (tertiary alicyclic amines) is 1. The Labute approximate surface area is 74.2 Å². The van der Waals surface area contributed by atoms with Crippen molar-refractivity contribution in [2.45, 2.75) is 26.7 Å². The van der Waals surface area contributed by atoms with Gasteiger partial charge in [0.05, 0.1) is 0 Å². The predicted molar refractivity (Wildman–Crippen MR) is 49.8 cm³/mol. The number of rotatable bonds is 3. The minimum absolute atomic E-state index is 0.288. The minimum Gasteiger partial charge on any atom is -0.335 e. The molecule has 1 fully saturated rings. The fraction of sp³-hybridized carbons (Fsp3) is 0.700. The molecule has 68 valence electrons. The highest BCUT2D eigenvalue weighted by Crippen LogP contribution is 2.15. The number of hydrogen-bond donors (Lipinski definition) is 0. The first-order chi connectivity index (χ1) is 5.59. The largest absolute Gasteiger partial charge is 0.335 e. The fourth-order valence-electron chi connectivity index (χ4n) is 1.24. The maximum atomic E-state index is 11.4. The molecule has 0 N–H and O–H groups in total. The second-order valence-corrected chi connectivity index (χ2v) is 3.93. The number of amides is 1. The topological polar surface area (TPSA) is 20.3 Å². The molecule has 1 saturated heterocycles. The Bertz CT molecular complexity index is 188. The molecular formula is C10H17NO. The van der Waals surface area contributed by atoms with Gasteiger partial charge in [0, 0.05) is 19.5 Å². The Morgan fingerprint density at radius 1 is 1.58 bits per heavy atom. The zero-order chi connectivity index (χ0) is 9.14. The molecule has 0 aromatic heterocycles. The zero-order valence-electron chi connectivity index (χ0n) is 7.97. The van der Waals surface area contributed by atoms with E-state index in [4.69, 9.17) is 0 Å². The SMILES string of the molecule is C=C1CN(C(=O)CCC(C)C)C1. The van der Waals surface area contributed by atoms with Crippen LogP contribution in [0.4, 0.5) is 0 Å². The summed E-state index contributed by atoms with van der Waals surface area (Å²) >= 11 is 0. The molecule has 0 spiro atoms. The van der Waals surface area contributed by atoms with Crippen molar-refractivity contribution in [2.24, 2.45) is 5.92 Å². The average Bonchev–Trinajstić information content (AvgIpc) is 1.94. The van der Waals surface area contributed by atoms with Gasteiger partial charge in [0.2, 0.25) is 5.91 Å². The van der Waals surface area contributed by atoms with E-state index in [0.29, 0.717) is 12.3 Å². The molecule has 2 heteroatoms. The molecule has 0 aromatic rings. The Kier molecular flexibility index (Phi) is 2.90. The second kappa shape index (κ2) is 3.74. The van der Waals surface area contributed by atoms with Gasteiger partial charge >= 0.3 is 0 Å². The number of hydrogen-bond acceptors (Lipinski definition) is 1. The van der Waals surface area contributed by atoms with Crippen LogP contribution in [0.5, 0.6) is 0 Å². The summed E-state index contributed by atoms with van der Waals surface area (Å²) in [6.07, 6.45) is 1.70. The highest BCUT2D eigenvalue weighted by atomic mass is 16.2. The van der Waals surface area contributed by atoms with Crippen molar-refractivity contribution in [2.75, 3.05) is 13.1 Å². The van der Waals surface area contributed by atoms with Crippen LogP contribution >= 0.6 is 0 Å². The van der Waals surface area contributed by atoms with Crippen LogP contribution in [-0.4, -0.2) is 23.9 Å². The number of carbonyl (C=O) groups excluding carboxylic acids is 1. The summed E-state index contributed by atoms with van der Waals surface area (Å²) < 4.78 is 0. The molecule has 1 aliphatic heterocycles. The summed E-state index contributed by atoms with van der Waals surface area (Å²) in [6, 6.07) is 0. The maximum Gasteiger partial charge on any atom is 0.223 e. The van der Waals surface area contributed by atoms with E-state index >= 15 is 0 Å². The van der Waals surface area contributed by atoms with Gasteiger partial charge in [-0.1, -0.05) is 20.4 Å². The highest BCUT2D eigenvalue weighted by Gasteiger charge is 2.22. The van der Waals surface area contributed by atoms with E-state index in [0.717, 1.165) is 19.5 Å². The Hall–Kier alpha value is -0.790. The van der Waals surface area contributed by atoms with Crippen molar-refractivity contribution >= 4 is 5.91 Å². The molecule has 1 rings (SSSR count). The monoisotopic (exact) mass is 167 g/mol. The minimum atomic E-state index is 0.288. The van der Waals surface area contributed by atoms with Crippen LogP contribution < -0.4 is 0 Å². The number of nitrogens with zero attached hydrogens (tertiary/aromatic N) is 1. The Balaban J connectivity index is 2.17. The van der Waals surface area contributed by atoms with Crippen molar-refractivity contribution in [3.8, 4) is 0 Å².